The van der Waals surface area contributed by atoms with Gasteiger partial charge in [0.15, 0.2) is 11.0 Å². The summed E-state index contributed by atoms with van der Waals surface area (Å²) < 4.78 is 12.7. The number of thioether (sulfide) groups is 1. The number of nitrogens with one attached hydrogen (secondary N) is 1. The Morgan fingerprint density at radius 1 is 1.16 bits per heavy atom. The van der Waals surface area contributed by atoms with Crippen LogP contribution in [0.15, 0.2) is 76.5 Å². The highest BCUT2D eigenvalue weighted by Gasteiger charge is 2.19. The molecule has 32 heavy (non-hydrogen) atoms. The number of aromatic nitrogens is 3. The highest BCUT2D eigenvalue weighted by Crippen LogP contribution is 2.33. The number of nitrogens with zero attached hydrogens (tertiary/aromatic N) is 3. The second-order valence-electron chi connectivity index (χ2n) is 6.78. The van der Waals surface area contributed by atoms with Crippen LogP contribution in [0.5, 0.6) is 5.75 Å². The normalized spacial score (nSPS) is 10.8. The Kier molecular flexibility index (Phi) is 7.14. The molecule has 0 bridgehead atoms. The third-order valence-electron chi connectivity index (χ3n) is 4.64. The predicted molar refractivity (Wildman–Crippen MR) is 124 cm³/mol. The molecule has 164 valence electrons. The van der Waals surface area contributed by atoms with E-state index in [-0.39, 0.29) is 5.91 Å². The molecule has 0 saturated carbocycles. The molecule has 9 heteroatoms. The lowest BCUT2D eigenvalue weighted by atomic mass is 10.2. The number of carbonyl (C=O) groups is 1. The number of hydrogen-bond donors (Lipinski definition) is 1. The van der Waals surface area contributed by atoms with Crippen LogP contribution >= 0.6 is 23.4 Å². The fourth-order valence-corrected chi connectivity index (χ4v) is 4.20. The minimum absolute atomic E-state index is 0.0627. The van der Waals surface area contributed by atoms with Gasteiger partial charge in [-0.25, -0.2) is 0 Å². The topological polar surface area (TPSA) is 82.2 Å². The van der Waals surface area contributed by atoms with Gasteiger partial charge in [0.25, 0.3) is 0 Å². The predicted octanol–water partition coefficient (Wildman–Crippen LogP) is 4.99. The van der Waals surface area contributed by atoms with Crippen LogP contribution in [-0.2, 0) is 11.3 Å². The molecule has 0 aliphatic heterocycles. The molecular formula is C23H21ClN4O3S. The van der Waals surface area contributed by atoms with Crippen molar-refractivity contribution < 1.29 is 13.9 Å². The molecule has 0 aliphatic rings. The Hall–Kier alpha value is -3.23. The van der Waals surface area contributed by atoms with Crippen molar-refractivity contribution in [2.75, 3.05) is 12.9 Å². The van der Waals surface area contributed by atoms with Gasteiger partial charge in [0, 0.05) is 22.8 Å². The van der Waals surface area contributed by atoms with E-state index < -0.39 is 0 Å². The van der Waals surface area contributed by atoms with Crippen LogP contribution in [0.2, 0.25) is 5.02 Å². The molecule has 1 amide bonds. The number of furan rings is 1. The first kappa shape index (κ1) is 22.0. The van der Waals surface area contributed by atoms with Crippen molar-refractivity contribution in [2.24, 2.45) is 0 Å². The van der Waals surface area contributed by atoms with Gasteiger partial charge in [0.2, 0.25) is 5.91 Å². The number of para-hydroxylation sites is 2. The second kappa shape index (κ2) is 10.4. The smallest absolute Gasteiger partial charge is 0.221 e. The number of amides is 1. The third-order valence-corrected chi connectivity index (χ3v) is 5.81. The molecule has 0 unspecified atom stereocenters. The molecule has 2 heterocycles. The lowest BCUT2D eigenvalue weighted by Gasteiger charge is -2.14. The number of rotatable bonds is 9. The molecule has 7 nitrogen and oxygen atoms in total. The molecule has 4 rings (SSSR count). The first-order chi connectivity index (χ1) is 15.7. The van der Waals surface area contributed by atoms with Crippen molar-refractivity contribution in [3.05, 3.63) is 77.7 Å². The van der Waals surface area contributed by atoms with Gasteiger partial charge in [-0.2, -0.15) is 0 Å². The van der Waals surface area contributed by atoms with Crippen molar-refractivity contribution in [1.29, 1.82) is 0 Å². The minimum Gasteiger partial charge on any atom is -0.495 e. The van der Waals surface area contributed by atoms with Crippen LogP contribution in [0.25, 0.3) is 17.1 Å². The number of hydrogen-bond acceptors (Lipinski definition) is 6. The van der Waals surface area contributed by atoms with Crippen molar-refractivity contribution in [3.8, 4) is 22.8 Å². The third kappa shape index (κ3) is 5.15. The molecule has 0 atom stereocenters. The quantitative estimate of drug-likeness (QED) is 0.348. The van der Waals surface area contributed by atoms with E-state index in [4.69, 9.17) is 20.8 Å². The van der Waals surface area contributed by atoms with E-state index in [2.05, 4.69) is 15.5 Å². The minimum atomic E-state index is -0.0627. The average molecular weight is 469 g/mol. The van der Waals surface area contributed by atoms with Gasteiger partial charge in [-0.1, -0.05) is 47.6 Å². The first-order valence-corrected chi connectivity index (χ1v) is 11.3. The number of benzene rings is 2. The van der Waals surface area contributed by atoms with E-state index in [0.717, 1.165) is 11.3 Å². The Morgan fingerprint density at radius 2 is 2.03 bits per heavy atom. The van der Waals surface area contributed by atoms with E-state index in [1.165, 1.54) is 11.8 Å². The molecule has 4 aromatic rings. The standard InChI is InChI=1S/C23H21ClN4O3S/c1-30-20-10-3-2-9-19(20)28-22(16-6-4-7-17(24)14-16)26-27-23(28)32-13-11-21(29)25-15-18-8-5-12-31-18/h2-10,12,14H,11,13,15H2,1H3,(H,25,29). The summed E-state index contributed by atoms with van der Waals surface area (Å²) in [4.78, 5) is 12.2. The Morgan fingerprint density at radius 3 is 2.81 bits per heavy atom. The molecular weight excluding hydrogens is 448 g/mol. The lowest BCUT2D eigenvalue weighted by Crippen LogP contribution is -2.22. The summed E-state index contributed by atoms with van der Waals surface area (Å²) in [5.41, 5.74) is 1.64. The summed E-state index contributed by atoms with van der Waals surface area (Å²) in [5, 5.41) is 12.9. The van der Waals surface area contributed by atoms with Gasteiger partial charge in [-0.3, -0.25) is 9.36 Å². The summed E-state index contributed by atoms with van der Waals surface area (Å²) in [5.74, 6) is 2.52. The van der Waals surface area contributed by atoms with E-state index in [0.29, 0.717) is 46.2 Å². The largest absolute Gasteiger partial charge is 0.495 e. The van der Waals surface area contributed by atoms with E-state index in [1.807, 2.05) is 59.2 Å². The van der Waals surface area contributed by atoms with Gasteiger partial charge in [-0.15, -0.1) is 10.2 Å². The molecule has 0 spiro atoms. The Bertz CT molecular complexity index is 1190. The zero-order valence-electron chi connectivity index (χ0n) is 17.3. The van der Waals surface area contributed by atoms with E-state index in [9.17, 15) is 4.79 Å². The molecule has 0 aliphatic carbocycles. The Balaban J connectivity index is 1.54. The zero-order chi connectivity index (χ0) is 22.3. The number of halogens is 1. The van der Waals surface area contributed by atoms with Gasteiger partial charge >= 0.3 is 0 Å². The van der Waals surface area contributed by atoms with Crippen molar-refractivity contribution in [3.63, 3.8) is 0 Å². The van der Waals surface area contributed by atoms with Crippen molar-refractivity contribution in [2.45, 2.75) is 18.1 Å². The molecule has 1 N–H and O–H groups in total. The average Bonchev–Trinajstić information content (AvgIpc) is 3.48. The van der Waals surface area contributed by atoms with Gasteiger partial charge in [0.1, 0.15) is 11.5 Å². The molecule has 2 aromatic heterocycles. The van der Waals surface area contributed by atoms with Crippen LogP contribution in [0, 0.1) is 0 Å². The highest BCUT2D eigenvalue weighted by atomic mass is 35.5. The first-order valence-electron chi connectivity index (χ1n) is 9.92. The fourth-order valence-electron chi connectivity index (χ4n) is 3.13. The van der Waals surface area contributed by atoms with Gasteiger partial charge in [-0.05, 0) is 36.4 Å². The van der Waals surface area contributed by atoms with E-state index >= 15 is 0 Å². The van der Waals surface area contributed by atoms with Gasteiger partial charge < -0.3 is 14.5 Å². The maximum atomic E-state index is 12.2. The fraction of sp³-hybridized carbons (Fsp3) is 0.174. The van der Waals surface area contributed by atoms with Crippen LogP contribution < -0.4 is 10.1 Å². The number of ether oxygens (including phenoxy) is 1. The maximum Gasteiger partial charge on any atom is 0.221 e. The van der Waals surface area contributed by atoms with Crippen molar-refractivity contribution in [1.82, 2.24) is 20.1 Å². The molecule has 0 saturated heterocycles. The van der Waals surface area contributed by atoms with Crippen LogP contribution in [-0.4, -0.2) is 33.5 Å². The summed E-state index contributed by atoms with van der Waals surface area (Å²) >= 11 is 7.65. The highest BCUT2D eigenvalue weighted by molar-refractivity contribution is 7.99. The summed E-state index contributed by atoms with van der Waals surface area (Å²) in [6.45, 7) is 0.368. The second-order valence-corrected chi connectivity index (χ2v) is 8.28. The number of methoxy groups -OCH3 is 1. The SMILES string of the molecule is COc1ccccc1-n1c(SCCC(=O)NCc2ccco2)nnc1-c1cccc(Cl)c1. The molecule has 2 aromatic carbocycles. The number of carbonyl (C=O) groups excluding carboxylic acids is 1. The zero-order valence-corrected chi connectivity index (χ0v) is 18.9. The molecule has 0 radical (unpaired) electrons. The monoisotopic (exact) mass is 468 g/mol. The van der Waals surface area contributed by atoms with Gasteiger partial charge in [0.05, 0.1) is 25.6 Å². The molecule has 0 fully saturated rings. The maximum absolute atomic E-state index is 12.2. The summed E-state index contributed by atoms with van der Waals surface area (Å²) in [7, 11) is 1.62. The van der Waals surface area contributed by atoms with E-state index in [1.54, 1.807) is 19.4 Å². The van der Waals surface area contributed by atoms with Crippen LogP contribution in [0.1, 0.15) is 12.2 Å². The van der Waals surface area contributed by atoms with Crippen LogP contribution in [0.4, 0.5) is 0 Å². The summed E-state index contributed by atoms with van der Waals surface area (Å²) in [6, 6.07) is 18.7. The van der Waals surface area contributed by atoms with Crippen LogP contribution in [0.3, 0.4) is 0 Å². The van der Waals surface area contributed by atoms with Crippen molar-refractivity contribution >= 4 is 29.3 Å². The summed E-state index contributed by atoms with van der Waals surface area (Å²) in [6.07, 6.45) is 1.91. The Labute approximate surface area is 194 Å². The lowest BCUT2D eigenvalue weighted by molar-refractivity contribution is -0.120.